The maximum Gasteiger partial charge on any atom is 0.256 e. The predicted octanol–water partition coefficient (Wildman–Crippen LogP) is 3.56. The molecule has 2 heterocycles. The second-order valence-electron chi connectivity index (χ2n) is 8.14. The van der Waals surface area contributed by atoms with E-state index in [1.54, 1.807) is 6.07 Å². The molecule has 0 radical (unpaired) electrons. The average molecular weight is 500 g/mol. The maximum absolute atomic E-state index is 13.0. The lowest BCUT2D eigenvalue weighted by atomic mass is 10.1. The molecule has 1 aliphatic heterocycles. The number of benzene rings is 2. The van der Waals surface area contributed by atoms with Crippen molar-refractivity contribution in [1.29, 1.82) is 0 Å². The fourth-order valence-electron chi connectivity index (χ4n) is 3.84. The largest absolute Gasteiger partial charge is 0.373 e. The molecule has 0 saturated carbocycles. The topological polar surface area (TPSA) is 119 Å². The normalized spacial score (nSPS) is 19.0. The van der Waals surface area contributed by atoms with Gasteiger partial charge < -0.3 is 15.8 Å². The van der Waals surface area contributed by atoms with E-state index in [0.29, 0.717) is 5.00 Å². The van der Waals surface area contributed by atoms with Crippen molar-refractivity contribution in [2.45, 2.75) is 31.0 Å². The Morgan fingerprint density at radius 3 is 2.24 bits per heavy atom. The third kappa shape index (κ3) is 5.05. The number of ether oxygens (including phenoxy) is 1. The first kappa shape index (κ1) is 24.1. The lowest BCUT2D eigenvalue weighted by Crippen LogP contribution is -2.48. The summed E-state index contributed by atoms with van der Waals surface area (Å²) in [7, 11) is -3.71. The molecular weight excluding hydrogens is 474 g/mol. The number of anilines is 1. The Morgan fingerprint density at radius 2 is 1.65 bits per heavy atom. The van der Waals surface area contributed by atoms with Crippen LogP contribution in [0.5, 0.6) is 0 Å². The van der Waals surface area contributed by atoms with Crippen LogP contribution in [0.15, 0.2) is 65.6 Å². The minimum Gasteiger partial charge on any atom is -0.373 e. The Labute approximate surface area is 202 Å². The molecule has 3 N–H and O–H groups in total. The molecule has 10 heteroatoms. The highest BCUT2D eigenvalue weighted by molar-refractivity contribution is 7.89. The highest BCUT2D eigenvalue weighted by atomic mass is 32.2. The number of hydrogen-bond acceptors (Lipinski definition) is 6. The summed E-state index contributed by atoms with van der Waals surface area (Å²) in [6, 6.07) is 16.8. The van der Waals surface area contributed by atoms with E-state index in [1.165, 1.54) is 39.9 Å². The summed E-state index contributed by atoms with van der Waals surface area (Å²) in [6.07, 6.45) is -0.399. The van der Waals surface area contributed by atoms with Gasteiger partial charge in [-0.25, -0.2) is 8.42 Å². The van der Waals surface area contributed by atoms with Crippen molar-refractivity contribution in [1.82, 2.24) is 4.31 Å². The monoisotopic (exact) mass is 499 g/mol. The van der Waals surface area contributed by atoms with Crippen molar-refractivity contribution in [3.05, 3.63) is 71.8 Å². The fraction of sp³-hybridized carbons (Fsp3) is 0.250. The van der Waals surface area contributed by atoms with Crippen molar-refractivity contribution < 1.29 is 22.7 Å². The van der Waals surface area contributed by atoms with Gasteiger partial charge in [0.1, 0.15) is 5.00 Å². The number of sulfonamides is 1. The SMILES string of the molecule is CC1CN(S(=O)(=O)c2ccc(C(=O)Nc3sc(-c4ccccc4)cc3C(N)=O)cc2)CC(C)O1. The number of amides is 2. The zero-order chi connectivity index (χ0) is 24.5. The van der Waals surface area contributed by atoms with Crippen LogP contribution in [0.4, 0.5) is 5.00 Å². The lowest BCUT2D eigenvalue weighted by Gasteiger charge is -2.34. The number of primary amides is 1. The summed E-state index contributed by atoms with van der Waals surface area (Å²) in [5.41, 5.74) is 6.89. The van der Waals surface area contributed by atoms with E-state index in [1.807, 2.05) is 44.2 Å². The summed E-state index contributed by atoms with van der Waals surface area (Å²) >= 11 is 1.24. The maximum atomic E-state index is 13.0. The number of morpholine rings is 1. The van der Waals surface area contributed by atoms with E-state index in [-0.39, 0.29) is 41.3 Å². The number of nitrogens with zero attached hydrogens (tertiary/aromatic N) is 1. The van der Waals surface area contributed by atoms with Gasteiger partial charge in [-0.05, 0) is 49.7 Å². The lowest BCUT2D eigenvalue weighted by molar-refractivity contribution is -0.0440. The highest BCUT2D eigenvalue weighted by Gasteiger charge is 2.32. The van der Waals surface area contributed by atoms with Gasteiger partial charge in [0, 0.05) is 23.5 Å². The first-order valence-electron chi connectivity index (χ1n) is 10.7. The summed E-state index contributed by atoms with van der Waals surface area (Å²) in [6.45, 7) is 4.21. The first-order valence-corrected chi connectivity index (χ1v) is 13.0. The Kier molecular flexibility index (Phi) is 6.85. The molecular formula is C24H25N3O5S2. The molecule has 2 unspecified atom stereocenters. The van der Waals surface area contributed by atoms with E-state index in [9.17, 15) is 18.0 Å². The molecule has 3 aromatic rings. The van der Waals surface area contributed by atoms with Crippen molar-refractivity contribution in [3.8, 4) is 10.4 Å². The van der Waals surface area contributed by atoms with Crippen LogP contribution in [0.25, 0.3) is 10.4 Å². The Morgan fingerprint density at radius 1 is 1.03 bits per heavy atom. The Balaban J connectivity index is 1.54. The van der Waals surface area contributed by atoms with Gasteiger partial charge in [0.15, 0.2) is 0 Å². The molecule has 2 aromatic carbocycles. The van der Waals surface area contributed by atoms with Gasteiger partial charge in [0.05, 0.1) is 22.7 Å². The van der Waals surface area contributed by atoms with Gasteiger partial charge >= 0.3 is 0 Å². The molecule has 0 bridgehead atoms. The predicted molar refractivity (Wildman–Crippen MR) is 131 cm³/mol. The molecule has 4 rings (SSSR count). The van der Waals surface area contributed by atoms with Crippen LogP contribution in [0.3, 0.4) is 0 Å². The van der Waals surface area contributed by atoms with Crippen LogP contribution < -0.4 is 11.1 Å². The van der Waals surface area contributed by atoms with E-state index in [0.717, 1.165) is 10.4 Å². The van der Waals surface area contributed by atoms with Gasteiger partial charge in [0.25, 0.3) is 11.8 Å². The van der Waals surface area contributed by atoms with Crippen LogP contribution in [-0.2, 0) is 14.8 Å². The number of nitrogens with two attached hydrogens (primary N) is 1. The van der Waals surface area contributed by atoms with Gasteiger partial charge in [-0.2, -0.15) is 4.31 Å². The van der Waals surface area contributed by atoms with Crippen molar-refractivity contribution in [2.75, 3.05) is 18.4 Å². The second-order valence-corrected chi connectivity index (χ2v) is 11.1. The molecule has 8 nitrogen and oxygen atoms in total. The summed E-state index contributed by atoms with van der Waals surface area (Å²) in [4.78, 5) is 25.7. The smallest absolute Gasteiger partial charge is 0.256 e. The van der Waals surface area contributed by atoms with Crippen molar-refractivity contribution in [2.24, 2.45) is 5.73 Å². The van der Waals surface area contributed by atoms with Crippen LogP contribution in [-0.4, -0.2) is 49.8 Å². The van der Waals surface area contributed by atoms with Gasteiger partial charge in [-0.1, -0.05) is 30.3 Å². The quantitative estimate of drug-likeness (QED) is 0.538. The van der Waals surface area contributed by atoms with Crippen LogP contribution in [0, 0.1) is 0 Å². The van der Waals surface area contributed by atoms with Crippen LogP contribution >= 0.6 is 11.3 Å². The minimum absolute atomic E-state index is 0.102. The molecule has 1 saturated heterocycles. The number of carbonyl (C=O) groups excluding carboxylic acids is 2. The first-order chi connectivity index (χ1) is 16.1. The molecule has 1 aliphatic rings. The average Bonchev–Trinajstić information content (AvgIpc) is 3.23. The molecule has 0 aliphatic carbocycles. The molecule has 34 heavy (non-hydrogen) atoms. The van der Waals surface area contributed by atoms with E-state index < -0.39 is 21.8 Å². The molecule has 1 fully saturated rings. The zero-order valence-corrected chi connectivity index (χ0v) is 20.4. The van der Waals surface area contributed by atoms with Crippen LogP contribution in [0.1, 0.15) is 34.6 Å². The Bertz CT molecular complexity index is 1290. The van der Waals surface area contributed by atoms with Gasteiger partial charge in [-0.3, -0.25) is 9.59 Å². The number of rotatable bonds is 6. The standard InChI is InChI=1S/C24H25N3O5S2/c1-15-13-27(14-16(2)32-15)34(30,31)19-10-8-18(9-11-19)23(29)26-24-20(22(25)28)12-21(33-24)17-6-4-3-5-7-17/h3-12,15-16H,13-14H2,1-2H3,(H2,25,28)(H,26,29). The Hall–Kier alpha value is -3.05. The molecule has 0 spiro atoms. The third-order valence-corrected chi connectivity index (χ3v) is 8.37. The number of carbonyl (C=O) groups is 2. The zero-order valence-electron chi connectivity index (χ0n) is 18.7. The van der Waals surface area contributed by atoms with E-state index >= 15 is 0 Å². The molecule has 2 amide bonds. The number of thiophene rings is 1. The summed E-state index contributed by atoms with van der Waals surface area (Å²) < 4.78 is 33.1. The van der Waals surface area contributed by atoms with Gasteiger partial charge in [-0.15, -0.1) is 11.3 Å². The van der Waals surface area contributed by atoms with E-state index in [4.69, 9.17) is 10.5 Å². The summed E-state index contributed by atoms with van der Waals surface area (Å²) in [5.74, 6) is -1.12. The minimum atomic E-state index is -3.71. The third-order valence-electron chi connectivity index (χ3n) is 5.42. The fourth-order valence-corrected chi connectivity index (χ4v) is 6.50. The second kappa shape index (κ2) is 9.67. The van der Waals surface area contributed by atoms with E-state index in [2.05, 4.69) is 5.32 Å². The van der Waals surface area contributed by atoms with Crippen molar-refractivity contribution in [3.63, 3.8) is 0 Å². The molecule has 1 aromatic heterocycles. The van der Waals surface area contributed by atoms with Gasteiger partial charge in [0.2, 0.25) is 10.0 Å². The summed E-state index contributed by atoms with van der Waals surface area (Å²) in [5, 5.41) is 3.07. The number of nitrogens with one attached hydrogen (secondary N) is 1. The number of hydrogen-bond donors (Lipinski definition) is 2. The molecule has 2 atom stereocenters. The molecule has 178 valence electrons. The highest BCUT2D eigenvalue weighted by Crippen LogP contribution is 2.35. The van der Waals surface area contributed by atoms with Crippen molar-refractivity contribution >= 4 is 38.2 Å². The van der Waals surface area contributed by atoms with Crippen LogP contribution in [0.2, 0.25) is 0 Å².